The quantitative estimate of drug-likeness (QED) is 0.624. The third kappa shape index (κ3) is 3.70. The van der Waals surface area contributed by atoms with Crippen LogP contribution in [0, 0.1) is 10.1 Å². The van der Waals surface area contributed by atoms with Crippen LogP contribution in [0.3, 0.4) is 0 Å². The van der Waals surface area contributed by atoms with Crippen molar-refractivity contribution in [2.45, 2.75) is 12.5 Å². The van der Waals surface area contributed by atoms with Gasteiger partial charge in [0.1, 0.15) is 0 Å². The van der Waals surface area contributed by atoms with Crippen LogP contribution in [0.15, 0.2) is 36.5 Å². The van der Waals surface area contributed by atoms with Crippen molar-refractivity contribution in [2.24, 2.45) is 0 Å². The molecule has 26 heavy (non-hydrogen) atoms. The summed E-state index contributed by atoms with van der Waals surface area (Å²) in [6.07, 6.45) is 1.32. The summed E-state index contributed by atoms with van der Waals surface area (Å²) in [6, 6.07) is 6.82. The van der Waals surface area contributed by atoms with Crippen molar-refractivity contribution < 1.29 is 24.4 Å². The van der Waals surface area contributed by atoms with Crippen molar-refractivity contribution >= 4 is 17.6 Å². The number of morpholine rings is 1. The van der Waals surface area contributed by atoms with E-state index in [0.717, 1.165) is 0 Å². The number of carboxylic acids is 1. The second-order valence-corrected chi connectivity index (χ2v) is 5.75. The molecule has 10 nitrogen and oxygen atoms in total. The zero-order valence-corrected chi connectivity index (χ0v) is 13.6. The molecular weight excluding hydrogens is 344 g/mol. The summed E-state index contributed by atoms with van der Waals surface area (Å²) >= 11 is 0. The Morgan fingerprint density at radius 2 is 2.19 bits per heavy atom. The number of aromatic nitrogens is 2. The number of amides is 1. The van der Waals surface area contributed by atoms with Crippen LogP contribution in [0.25, 0.3) is 5.69 Å². The minimum absolute atomic E-state index is 0.0828. The van der Waals surface area contributed by atoms with Crippen LogP contribution in [-0.4, -0.2) is 62.4 Å². The van der Waals surface area contributed by atoms with Crippen LogP contribution in [0.5, 0.6) is 0 Å². The van der Waals surface area contributed by atoms with Gasteiger partial charge in [-0.15, -0.1) is 0 Å². The van der Waals surface area contributed by atoms with E-state index in [4.69, 9.17) is 9.84 Å². The number of hydrogen-bond acceptors (Lipinski definition) is 6. The zero-order chi connectivity index (χ0) is 18.7. The van der Waals surface area contributed by atoms with E-state index in [1.54, 1.807) is 6.07 Å². The van der Waals surface area contributed by atoms with E-state index in [-0.39, 0.29) is 31.0 Å². The minimum atomic E-state index is -1.01. The summed E-state index contributed by atoms with van der Waals surface area (Å²) in [5.41, 5.74) is 0.497. The topological polar surface area (TPSA) is 128 Å². The number of non-ortho nitro benzene ring substituents is 1. The molecule has 1 amide bonds. The maximum atomic E-state index is 12.7. The molecule has 1 aliphatic rings. The fourth-order valence-electron chi connectivity index (χ4n) is 2.77. The Morgan fingerprint density at radius 1 is 1.38 bits per heavy atom. The molecule has 0 radical (unpaired) electrons. The summed E-state index contributed by atoms with van der Waals surface area (Å²) in [4.78, 5) is 35.5. The molecule has 1 fully saturated rings. The molecule has 1 aromatic heterocycles. The fraction of sp³-hybridized carbons (Fsp3) is 0.312. The lowest BCUT2D eigenvalue weighted by Crippen LogP contribution is -2.49. The molecule has 3 rings (SSSR count). The summed E-state index contributed by atoms with van der Waals surface area (Å²) in [7, 11) is 0. The third-order valence-corrected chi connectivity index (χ3v) is 4.01. The first kappa shape index (κ1) is 17.5. The maximum absolute atomic E-state index is 12.7. The molecule has 136 valence electrons. The summed E-state index contributed by atoms with van der Waals surface area (Å²) in [5.74, 6) is -1.41. The van der Waals surface area contributed by atoms with Crippen molar-refractivity contribution in [2.75, 3.05) is 19.8 Å². The molecule has 1 aliphatic heterocycles. The molecule has 1 N–H and O–H groups in total. The van der Waals surface area contributed by atoms with Gasteiger partial charge >= 0.3 is 5.97 Å². The molecule has 2 aromatic rings. The highest BCUT2D eigenvalue weighted by atomic mass is 16.6. The first-order chi connectivity index (χ1) is 12.5. The first-order valence-electron chi connectivity index (χ1n) is 7.86. The van der Waals surface area contributed by atoms with Gasteiger partial charge < -0.3 is 14.7 Å². The van der Waals surface area contributed by atoms with Crippen molar-refractivity contribution in [1.29, 1.82) is 0 Å². The molecule has 0 aliphatic carbocycles. The van der Waals surface area contributed by atoms with Gasteiger partial charge in [0.25, 0.3) is 11.6 Å². The number of carboxylic acid groups (broad SMARTS) is 1. The van der Waals surface area contributed by atoms with Crippen LogP contribution in [0.2, 0.25) is 0 Å². The Morgan fingerprint density at radius 3 is 2.92 bits per heavy atom. The second-order valence-electron chi connectivity index (χ2n) is 5.75. The van der Waals surface area contributed by atoms with Gasteiger partial charge in [0.15, 0.2) is 5.69 Å². The SMILES string of the molecule is O=C(O)CC1COCCN1C(=O)c1ccn(-c2cccc([N+](=O)[O-])c2)n1. The summed E-state index contributed by atoms with van der Waals surface area (Å²) in [5, 5.41) is 24.1. The maximum Gasteiger partial charge on any atom is 0.305 e. The number of carbonyl (C=O) groups is 2. The fourth-order valence-corrected chi connectivity index (χ4v) is 2.77. The number of aliphatic carboxylic acids is 1. The Balaban J connectivity index is 1.82. The predicted molar refractivity (Wildman–Crippen MR) is 88.1 cm³/mol. The van der Waals surface area contributed by atoms with Crippen molar-refractivity contribution in [3.05, 3.63) is 52.3 Å². The Kier molecular flexibility index (Phi) is 4.94. The van der Waals surface area contributed by atoms with Crippen LogP contribution >= 0.6 is 0 Å². The van der Waals surface area contributed by atoms with E-state index in [1.165, 1.54) is 40.0 Å². The van der Waals surface area contributed by atoms with E-state index in [9.17, 15) is 19.7 Å². The molecule has 1 atom stereocenters. The van der Waals surface area contributed by atoms with E-state index in [1.807, 2.05) is 0 Å². The largest absolute Gasteiger partial charge is 0.481 e. The number of rotatable bonds is 5. The van der Waals surface area contributed by atoms with E-state index in [2.05, 4.69) is 5.10 Å². The lowest BCUT2D eigenvalue weighted by Gasteiger charge is -2.34. The van der Waals surface area contributed by atoms with E-state index in [0.29, 0.717) is 12.3 Å². The average molecular weight is 360 g/mol. The predicted octanol–water partition coefficient (Wildman–Crippen LogP) is 1.10. The molecule has 0 bridgehead atoms. The van der Waals surface area contributed by atoms with Crippen molar-refractivity contribution in [1.82, 2.24) is 14.7 Å². The van der Waals surface area contributed by atoms with E-state index >= 15 is 0 Å². The lowest BCUT2D eigenvalue weighted by molar-refractivity contribution is -0.384. The standard InChI is InChI=1S/C16H16N4O6/c21-15(22)9-13-10-26-7-6-18(13)16(23)14-4-5-19(17-14)11-2-1-3-12(8-11)20(24)25/h1-5,8,13H,6-7,9-10H2,(H,21,22). The highest BCUT2D eigenvalue weighted by Gasteiger charge is 2.31. The Bertz CT molecular complexity index is 849. The Labute approximate surface area is 147 Å². The highest BCUT2D eigenvalue weighted by Crippen LogP contribution is 2.18. The van der Waals surface area contributed by atoms with Gasteiger partial charge in [-0.2, -0.15) is 5.10 Å². The third-order valence-electron chi connectivity index (χ3n) is 4.01. The molecule has 10 heteroatoms. The number of carbonyl (C=O) groups excluding carboxylic acids is 1. The smallest absolute Gasteiger partial charge is 0.305 e. The van der Waals surface area contributed by atoms with Crippen LogP contribution in [0.1, 0.15) is 16.9 Å². The molecule has 1 saturated heterocycles. The molecule has 0 spiro atoms. The zero-order valence-electron chi connectivity index (χ0n) is 13.6. The number of ether oxygens (including phenoxy) is 1. The molecule has 1 unspecified atom stereocenters. The van der Waals surface area contributed by atoms with Gasteiger partial charge in [-0.25, -0.2) is 4.68 Å². The average Bonchev–Trinajstić information content (AvgIpc) is 3.11. The number of benzene rings is 1. The minimum Gasteiger partial charge on any atom is -0.481 e. The monoisotopic (exact) mass is 360 g/mol. The van der Waals surface area contributed by atoms with Crippen LogP contribution < -0.4 is 0 Å². The van der Waals surface area contributed by atoms with E-state index < -0.39 is 22.8 Å². The van der Waals surface area contributed by atoms with Gasteiger partial charge in [0, 0.05) is 24.9 Å². The first-order valence-corrected chi connectivity index (χ1v) is 7.86. The second kappa shape index (κ2) is 7.31. The normalized spacial score (nSPS) is 17.1. The number of nitrogens with zero attached hydrogens (tertiary/aromatic N) is 4. The summed E-state index contributed by atoms with van der Waals surface area (Å²) < 4.78 is 6.63. The number of hydrogen-bond donors (Lipinski definition) is 1. The van der Waals surface area contributed by atoms with Crippen LogP contribution in [-0.2, 0) is 9.53 Å². The number of nitro groups is 1. The van der Waals surface area contributed by atoms with Gasteiger partial charge in [-0.1, -0.05) is 6.07 Å². The highest BCUT2D eigenvalue weighted by molar-refractivity contribution is 5.92. The summed E-state index contributed by atoms with van der Waals surface area (Å²) in [6.45, 7) is 0.761. The van der Waals surface area contributed by atoms with Crippen LogP contribution in [0.4, 0.5) is 5.69 Å². The molecule has 2 heterocycles. The van der Waals surface area contributed by atoms with Gasteiger partial charge in [-0.3, -0.25) is 19.7 Å². The number of nitro benzene ring substituents is 1. The van der Waals surface area contributed by atoms with Crippen molar-refractivity contribution in [3.63, 3.8) is 0 Å². The molecular formula is C16H16N4O6. The molecule has 1 aromatic carbocycles. The lowest BCUT2D eigenvalue weighted by atomic mass is 10.1. The van der Waals surface area contributed by atoms with Gasteiger partial charge in [0.05, 0.1) is 36.3 Å². The molecule has 0 saturated carbocycles. The van der Waals surface area contributed by atoms with Gasteiger partial charge in [-0.05, 0) is 12.1 Å². The van der Waals surface area contributed by atoms with Crippen molar-refractivity contribution in [3.8, 4) is 5.69 Å². The van der Waals surface area contributed by atoms with Gasteiger partial charge in [0.2, 0.25) is 0 Å². The Hall–Kier alpha value is -3.27.